The fourth-order valence-corrected chi connectivity index (χ4v) is 3.17. The molecule has 0 bridgehead atoms. The molecule has 0 saturated carbocycles. The third-order valence-corrected chi connectivity index (χ3v) is 4.61. The lowest BCUT2D eigenvalue weighted by Gasteiger charge is -2.36. The number of hydrogen-bond donors (Lipinski definition) is 1. The maximum atomic E-state index is 12.5. The fourth-order valence-electron chi connectivity index (χ4n) is 2.81. The maximum absolute atomic E-state index is 12.5. The number of nitrogens with one attached hydrogen (secondary N) is 1. The molecule has 5 nitrogen and oxygen atoms in total. The molecule has 1 N–H and O–H groups in total. The van der Waals surface area contributed by atoms with E-state index in [4.69, 9.17) is 27.9 Å². The Bertz CT molecular complexity index is 762. The van der Waals surface area contributed by atoms with Gasteiger partial charge in [-0.15, -0.1) is 0 Å². The van der Waals surface area contributed by atoms with Gasteiger partial charge in [0.05, 0.1) is 12.8 Å². The van der Waals surface area contributed by atoms with Gasteiger partial charge in [0.15, 0.2) is 0 Å². The summed E-state index contributed by atoms with van der Waals surface area (Å²) in [6.07, 6.45) is 0. The van der Waals surface area contributed by atoms with Crippen molar-refractivity contribution in [3.05, 3.63) is 52.5 Å². The van der Waals surface area contributed by atoms with Gasteiger partial charge in [-0.2, -0.15) is 0 Å². The van der Waals surface area contributed by atoms with Crippen LogP contribution in [0.25, 0.3) is 0 Å². The zero-order chi connectivity index (χ0) is 17.8. The monoisotopic (exact) mass is 379 g/mol. The van der Waals surface area contributed by atoms with Gasteiger partial charge in [-0.1, -0.05) is 29.3 Å². The SMILES string of the molecule is COc1ccc(Cl)cc1NC(=O)N1CCN(c2cccc(Cl)c2)CC1. The zero-order valence-electron chi connectivity index (χ0n) is 13.8. The van der Waals surface area contributed by atoms with Crippen LogP contribution in [0.3, 0.4) is 0 Å². The Kier molecular flexibility index (Phi) is 5.56. The van der Waals surface area contributed by atoms with Crippen LogP contribution in [0.15, 0.2) is 42.5 Å². The third-order valence-electron chi connectivity index (χ3n) is 4.14. The molecule has 0 spiro atoms. The van der Waals surface area contributed by atoms with E-state index in [1.54, 1.807) is 30.2 Å². The van der Waals surface area contributed by atoms with Crippen molar-refractivity contribution in [3.63, 3.8) is 0 Å². The molecule has 0 unspecified atom stereocenters. The summed E-state index contributed by atoms with van der Waals surface area (Å²) in [5.74, 6) is 0.579. The number of halogens is 2. The van der Waals surface area contributed by atoms with E-state index in [0.29, 0.717) is 34.6 Å². The van der Waals surface area contributed by atoms with Crippen molar-refractivity contribution in [3.8, 4) is 5.75 Å². The number of carbonyl (C=O) groups is 1. The molecular weight excluding hydrogens is 361 g/mol. The van der Waals surface area contributed by atoms with E-state index < -0.39 is 0 Å². The van der Waals surface area contributed by atoms with Crippen molar-refractivity contribution in [1.29, 1.82) is 0 Å². The van der Waals surface area contributed by atoms with Gasteiger partial charge in [-0.25, -0.2) is 4.79 Å². The minimum atomic E-state index is -0.161. The number of ether oxygens (including phenoxy) is 1. The van der Waals surface area contributed by atoms with Crippen LogP contribution in [0.1, 0.15) is 0 Å². The molecule has 1 aliphatic rings. The predicted octanol–water partition coefficient (Wildman–Crippen LogP) is 4.36. The number of hydrogen-bond acceptors (Lipinski definition) is 3. The summed E-state index contributed by atoms with van der Waals surface area (Å²) < 4.78 is 5.26. The average Bonchev–Trinajstić information content (AvgIpc) is 2.62. The molecule has 25 heavy (non-hydrogen) atoms. The maximum Gasteiger partial charge on any atom is 0.322 e. The molecule has 132 valence electrons. The molecule has 0 atom stereocenters. The summed E-state index contributed by atoms with van der Waals surface area (Å²) in [6, 6.07) is 12.7. The molecule has 2 aromatic rings. The summed E-state index contributed by atoms with van der Waals surface area (Å²) in [6.45, 7) is 2.75. The first-order valence-corrected chi connectivity index (χ1v) is 8.72. The molecule has 2 aromatic carbocycles. The lowest BCUT2D eigenvalue weighted by atomic mass is 10.2. The minimum absolute atomic E-state index is 0.161. The van der Waals surface area contributed by atoms with E-state index in [0.717, 1.165) is 18.8 Å². The van der Waals surface area contributed by atoms with Crippen LogP contribution in [-0.2, 0) is 0 Å². The van der Waals surface area contributed by atoms with E-state index in [1.165, 1.54) is 0 Å². The second-order valence-corrected chi connectivity index (χ2v) is 6.60. The van der Waals surface area contributed by atoms with Crippen LogP contribution in [0.4, 0.5) is 16.2 Å². The van der Waals surface area contributed by atoms with E-state index >= 15 is 0 Å². The first-order valence-electron chi connectivity index (χ1n) is 7.97. The standard InChI is InChI=1S/C18H19Cl2N3O2/c1-25-17-6-5-14(20)12-16(17)21-18(24)23-9-7-22(8-10-23)15-4-2-3-13(19)11-15/h2-6,11-12H,7-10H2,1H3,(H,21,24). The second kappa shape index (κ2) is 7.85. The highest BCUT2D eigenvalue weighted by molar-refractivity contribution is 6.31. The van der Waals surface area contributed by atoms with E-state index in [2.05, 4.69) is 10.2 Å². The average molecular weight is 380 g/mol. The van der Waals surface area contributed by atoms with Crippen molar-refractivity contribution >= 4 is 40.6 Å². The van der Waals surface area contributed by atoms with Crippen LogP contribution in [0.2, 0.25) is 10.0 Å². The lowest BCUT2D eigenvalue weighted by molar-refractivity contribution is 0.208. The van der Waals surface area contributed by atoms with Gasteiger partial charge in [0.2, 0.25) is 0 Å². The van der Waals surface area contributed by atoms with Gasteiger partial charge in [-0.3, -0.25) is 0 Å². The van der Waals surface area contributed by atoms with Crippen molar-refractivity contribution < 1.29 is 9.53 Å². The van der Waals surface area contributed by atoms with Gasteiger partial charge in [0.1, 0.15) is 5.75 Å². The Labute approximate surface area is 157 Å². The first-order chi connectivity index (χ1) is 12.1. The number of rotatable bonds is 3. The van der Waals surface area contributed by atoms with Crippen LogP contribution in [0.5, 0.6) is 5.75 Å². The second-order valence-electron chi connectivity index (χ2n) is 5.73. The van der Waals surface area contributed by atoms with Crippen molar-refractivity contribution in [2.45, 2.75) is 0 Å². The van der Waals surface area contributed by atoms with Gasteiger partial charge >= 0.3 is 6.03 Å². The summed E-state index contributed by atoms with van der Waals surface area (Å²) in [5, 5.41) is 4.13. The van der Waals surface area contributed by atoms with Crippen LogP contribution in [0, 0.1) is 0 Å². The Morgan fingerprint density at radius 1 is 1.04 bits per heavy atom. The number of piperazine rings is 1. The van der Waals surface area contributed by atoms with Crippen LogP contribution < -0.4 is 15.0 Å². The smallest absolute Gasteiger partial charge is 0.322 e. The predicted molar refractivity (Wildman–Crippen MR) is 102 cm³/mol. The summed E-state index contributed by atoms with van der Waals surface area (Å²) in [5.41, 5.74) is 1.64. The van der Waals surface area contributed by atoms with E-state index in [-0.39, 0.29) is 6.03 Å². The van der Waals surface area contributed by atoms with E-state index in [9.17, 15) is 4.79 Å². The van der Waals surface area contributed by atoms with Gasteiger partial charge < -0.3 is 19.9 Å². The first kappa shape index (κ1) is 17.7. The Hall–Kier alpha value is -2.11. The molecule has 2 amide bonds. The quantitative estimate of drug-likeness (QED) is 0.861. The highest BCUT2D eigenvalue weighted by Gasteiger charge is 2.22. The number of amides is 2. The Balaban J connectivity index is 1.61. The molecule has 1 fully saturated rings. The van der Waals surface area contributed by atoms with Crippen LogP contribution in [-0.4, -0.2) is 44.2 Å². The molecule has 0 aromatic heterocycles. The van der Waals surface area contributed by atoms with Crippen molar-refractivity contribution in [2.24, 2.45) is 0 Å². The molecule has 3 rings (SSSR count). The highest BCUT2D eigenvalue weighted by Crippen LogP contribution is 2.28. The number of urea groups is 1. The number of benzene rings is 2. The molecule has 1 saturated heterocycles. The summed E-state index contributed by atoms with van der Waals surface area (Å²) >= 11 is 12.1. The summed E-state index contributed by atoms with van der Waals surface area (Å²) in [4.78, 5) is 16.5. The summed E-state index contributed by atoms with van der Waals surface area (Å²) in [7, 11) is 1.56. The fraction of sp³-hybridized carbons (Fsp3) is 0.278. The highest BCUT2D eigenvalue weighted by atomic mass is 35.5. The molecular formula is C18H19Cl2N3O2. The number of anilines is 2. The number of carbonyl (C=O) groups excluding carboxylic acids is 1. The number of methoxy groups -OCH3 is 1. The molecule has 0 aliphatic carbocycles. The minimum Gasteiger partial charge on any atom is -0.495 e. The topological polar surface area (TPSA) is 44.8 Å². The van der Waals surface area contributed by atoms with E-state index in [1.807, 2.05) is 24.3 Å². The lowest BCUT2D eigenvalue weighted by Crippen LogP contribution is -2.50. The van der Waals surface area contributed by atoms with Crippen molar-refractivity contribution in [2.75, 3.05) is 43.5 Å². The van der Waals surface area contributed by atoms with Crippen molar-refractivity contribution in [1.82, 2.24) is 4.90 Å². The Morgan fingerprint density at radius 2 is 1.76 bits per heavy atom. The van der Waals surface area contributed by atoms with Gasteiger partial charge in [0, 0.05) is 41.9 Å². The molecule has 0 radical (unpaired) electrons. The zero-order valence-corrected chi connectivity index (χ0v) is 15.3. The molecule has 1 heterocycles. The third kappa shape index (κ3) is 4.30. The van der Waals surface area contributed by atoms with Gasteiger partial charge in [-0.05, 0) is 36.4 Å². The molecule has 7 heteroatoms. The normalized spacial score (nSPS) is 14.4. The van der Waals surface area contributed by atoms with Crippen LogP contribution >= 0.6 is 23.2 Å². The van der Waals surface area contributed by atoms with Gasteiger partial charge in [0.25, 0.3) is 0 Å². The Morgan fingerprint density at radius 3 is 2.44 bits per heavy atom. The molecule has 1 aliphatic heterocycles. The number of nitrogens with zero attached hydrogens (tertiary/aromatic N) is 2. The largest absolute Gasteiger partial charge is 0.495 e.